The van der Waals surface area contributed by atoms with E-state index in [4.69, 9.17) is 9.47 Å². The van der Waals surface area contributed by atoms with Gasteiger partial charge in [0, 0.05) is 12.6 Å². The molecule has 2 amide bonds. The Morgan fingerprint density at radius 1 is 1.31 bits per heavy atom. The van der Waals surface area contributed by atoms with Crippen molar-refractivity contribution in [2.75, 3.05) is 20.3 Å². The summed E-state index contributed by atoms with van der Waals surface area (Å²) < 4.78 is 9.65. The normalized spacial score (nSPS) is 11.2. The van der Waals surface area contributed by atoms with E-state index < -0.39 is 35.1 Å². The van der Waals surface area contributed by atoms with E-state index in [1.807, 2.05) is 6.92 Å². The molecule has 0 saturated carbocycles. The zero-order valence-electron chi connectivity index (χ0n) is 14.7. The molecule has 0 aliphatic rings. The van der Waals surface area contributed by atoms with Crippen LogP contribution in [0.1, 0.15) is 30.6 Å². The van der Waals surface area contributed by atoms with Gasteiger partial charge in [-0.15, -0.1) is 0 Å². The highest BCUT2D eigenvalue weighted by Gasteiger charge is 2.20. The first kappa shape index (κ1) is 20.9. The monoisotopic (exact) mass is 367 g/mol. The van der Waals surface area contributed by atoms with Crippen molar-refractivity contribution < 1.29 is 28.8 Å². The van der Waals surface area contributed by atoms with Crippen LogP contribution in [0.25, 0.3) is 0 Å². The molecule has 0 aliphatic carbocycles. The van der Waals surface area contributed by atoms with Crippen molar-refractivity contribution in [1.82, 2.24) is 10.6 Å². The van der Waals surface area contributed by atoms with Gasteiger partial charge in [0.25, 0.3) is 5.91 Å². The Labute approximate surface area is 150 Å². The molecular weight excluding hydrogens is 346 g/mol. The molecule has 0 bridgehead atoms. The minimum absolute atomic E-state index is 0.00351. The van der Waals surface area contributed by atoms with Gasteiger partial charge in [0.2, 0.25) is 5.91 Å². The lowest BCUT2D eigenvalue weighted by molar-refractivity contribution is -0.385. The largest absolute Gasteiger partial charge is 0.490 e. The number of nitro groups is 1. The maximum absolute atomic E-state index is 11.9. The Hall–Kier alpha value is -3.17. The SMILES string of the molecule is CCCNC(=O)[C@H](C)NC(=O)COC(=O)c1ccc(OC)c([N+](=O)[O-])c1. The number of nitrogens with zero attached hydrogens (tertiary/aromatic N) is 1. The molecule has 10 nitrogen and oxygen atoms in total. The van der Waals surface area contributed by atoms with Crippen LogP contribution in [0.5, 0.6) is 5.75 Å². The van der Waals surface area contributed by atoms with Crippen molar-refractivity contribution in [2.24, 2.45) is 0 Å². The predicted molar refractivity (Wildman–Crippen MR) is 90.8 cm³/mol. The van der Waals surface area contributed by atoms with Crippen LogP contribution in [-0.4, -0.2) is 49.0 Å². The Morgan fingerprint density at radius 3 is 2.58 bits per heavy atom. The van der Waals surface area contributed by atoms with E-state index in [1.54, 1.807) is 0 Å². The first-order valence-electron chi connectivity index (χ1n) is 7.86. The maximum Gasteiger partial charge on any atom is 0.338 e. The molecule has 26 heavy (non-hydrogen) atoms. The predicted octanol–water partition coefficient (Wildman–Crippen LogP) is 0.791. The van der Waals surface area contributed by atoms with Crippen LogP contribution in [0.2, 0.25) is 0 Å². The maximum atomic E-state index is 11.9. The average Bonchev–Trinajstić information content (AvgIpc) is 2.63. The van der Waals surface area contributed by atoms with Crippen molar-refractivity contribution in [3.8, 4) is 5.75 Å². The fourth-order valence-electron chi connectivity index (χ4n) is 1.92. The molecule has 0 heterocycles. The van der Waals surface area contributed by atoms with E-state index in [9.17, 15) is 24.5 Å². The first-order chi connectivity index (χ1) is 12.3. The van der Waals surface area contributed by atoms with Crippen molar-refractivity contribution in [1.29, 1.82) is 0 Å². The number of carbonyl (C=O) groups excluding carboxylic acids is 3. The highest BCUT2D eigenvalue weighted by atomic mass is 16.6. The standard InChI is InChI=1S/C16H21N3O7/c1-4-7-17-15(21)10(2)18-14(20)9-26-16(22)11-5-6-13(25-3)12(8-11)19(23)24/h5-6,8,10H,4,7,9H2,1-3H3,(H,17,21)(H,18,20)/t10-/m0/s1. The molecule has 1 atom stereocenters. The molecule has 2 N–H and O–H groups in total. The number of ether oxygens (including phenoxy) is 2. The lowest BCUT2D eigenvalue weighted by Gasteiger charge is -2.13. The molecule has 142 valence electrons. The summed E-state index contributed by atoms with van der Waals surface area (Å²) in [5.41, 5.74) is -0.494. The third-order valence-corrected chi connectivity index (χ3v) is 3.27. The third kappa shape index (κ3) is 6.04. The van der Waals surface area contributed by atoms with E-state index in [0.717, 1.165) is 12.5 Å². The Balaban J connectivity index is 2.61. The second-order valence-corrected chi connectivity index (χ2v) is 5.30. The van der Waals surface area contributed by atoms with Crippen molar-refractivity contribution >= 4 is 23.5 Å². The highest BCUT2D eigenvalue weighted by Crippen LogP contribution is 2.27. The summed E-state index contributed by atoms with van der Waals surface area (Å²) in [5, 5.41) is 16.0. The topological polar surface area (TPSA) is 137 Å². The van der Waals surface area contributed by atoms with Crippen LogP contribution in [0, 0.1) is 10.1 Å². The first-order valence-corrected chi connectivity index (χ1v) is 7.86. The number of hydrogen-bond acceptors (Lipinski definition) is 7. The third-order valence-electron chi connectivity index (χ3n) is 3.27. The van der Waals surface area contributed by atoms with Gasteiger partial charge >= 0.3 is 11.7 Å². The summed E-state index contributed by atoms with van der Waals surface area (Å²) in [6, 6.07) is 2.76. The Morgan fingerprint density at radius 2 is 2.00 bits per heavy atom. The number of esters is 1. The number of nitrogens with one attached hydrogen (secondary N) is 2. The molecule has 0 saturated heterocycles. The average molecular weight is 367 g/mol. The number of rotatable bonds is 9. The molecule has 0 unspecified atom stereocenters. The second-order valence-electron chi connectivity index (χ2n) is 5.30. The summed E-state index contributed by atoms with van der Waals surface area (Å²) in [6.07, 6.45) is 0.762. The molecule has 10 heteroatoms. The fraction of sp³-hybridized carbons (Fsp3) is 0.438. The summed E-state index contributed by atoms with van der Waals surface area (Å²) in [7, 11) is 1.27. The number of amides is 2. The lowest BCUT2D eigenvalue weighted by atomic mass is 10.2. The van der Waals surface area contributed by atoms with Crippen LogP contribution in [0.15, 0.2) is 18.2 Å². The molecule has 0 radical (unpaired) electrons. The number of benzene rings is 1. The Bertz CT molecular complexity index is 690. The molecule has 0 spiro atoms. The van der Waals surface area contributed by atoms with Crippen LogP contribution in [0.3, 0.4) is 0 Å². The Kier molecular flexibility index (Phi) is 8.00. The molecule has 1 aromatic carbocycles. The van der Waals surface area contributed by atoms with E-state index in [2.05, 4.69) is 10.6 Å². The zero-order valence-corrected chi connectivity index (χ0v) is 14.7. The molecule has 1 rings (SSSR count). The van der Waals surface area contributed by atoms with Gasteiger partial charge in [-0.3, -0.25) is 19.7 Å². The van der Waals surface area contributed by atoms with Gasteiger partial charge in [0.15, 0.2) is 12.4 Å². The van der Waals surface area contributed by atoms with Gasteiger partial charge in [0.1, 0.15) is 6.04 Å². The number of carbonyl (C=O) groups is 3. The molecular formula is C16H21N3O7. The van der Waals surface area contributed by atoms with Crippen LogP contribution < -0.4 is 15.4 Å². The number of hydrogen-bond donors (Lipinski definition) is 2. The molecule has 0 aromatic heterocycles. The van der Waals surface area contributed by atoms with E-state index in [1.165, 1.54) is 26.2 Å². The smallest absolute Gasteiger partial charge is 0.338 e. The van der Waals surface area contributed by atoms with Crippen molar-refractivity contribution in [3.05, 3.63) is 33.9 Å². The van der Waals surface area contributed by atoms with Gasteiger partial charge in [-0.25, -0.2) is 4.79 Å². The van der Waals surface area contributed by atoms with Gasteiger partial charge in [-0.2, -0.15) is 0 Å². The summed E-state index contributed by atoms with van der Waals surface area (Å²) in [5.74, 6) is -1.93. The van der Waals surface area contributed by atoms with Crippen LogP contribution in [-0.2, 0) is 14.3 Å². The van der Waals surface area contributed by atoms with Gasteiger partial charge < -0.3 is 20.1 Å². The van der Waals surface area contributed by atoms with Crippen molar-refractivity contribution in [2.45, 2.75) is 26.3 Å². The number of methoxy groups -OCH3 is 1. The van der Waals surface area contributed by atoms with E-state index in [0.29, 0.717) is 6.54 Å². The zero-order chi connectivity index (χ0) is 19.7. The van der Waals surface area contributed by atoms with Crippen LogP contribution in [0.4, 0.5) is 5.69 Å². The summed E-state index contributed by atoms with van der Waals surface area (Å²) in [6.45, 7) is 3.26. The summed E-state index contributed by atoms with van der Waals surface area (Å²) in [4.78, 5) is 45.6. The van der Waals surface area contributed by atoms with Gasteiger partial charge in [-0.1, -0.05) is 6.92 Å². The van der Waals surface area contributed by atoms with Gasteiger partial charge in [-0.05, 0) is 25.5 Å². The highest BCUT2D eigenvalue weighted by molar-refractivity contribution is 5.93. The van der Waals surface area contributed by atoms with Crippen molar-refractivity contribution in [3.63, 3.8) is 0 Å². The number of nitro benzene ring substituents is 1. The minimum Gasteiger partial charge on any atom is -0.490 e. The van der Waals surface area contributed by atoms with E-state index in [-0.39, 0.29) is 17.2 Å². The van der Waals surface area contributed by atoms with Gasteiger partial charge in [0.05, 0.1) is 17.6 Å². The quantitative estimate of drug-likeness (QED) is 0.374. The summed E-state index contributed by atoms with van der Waals surface area (Å²) >= 11 is 0. The molecule has 0 aliphatic heterocycles. The fourth-order valence-corrected chi connectivity index (χ4v) is 1.92. The minimum atomic E-state index is -0.908. The lowest BCUT2D eigenvalue weighted by Crippen LogP contribution is -2.46. The second kappa shape index (κ2) is 9.97. The van der Waals surface area contributed by atoms with E-state index >= 15 is 0 Å². The molecule has 1 aromatic rings. The molecule has 0 fully saturated rings. The van der Waals surface area contributed by atoms with Crippen LogP contribution >= 0.6 is 0 Å².